The van der Waals surface area contributed by atoms with Crippen LogP contribution >= 0.6 is 22.9 Å². The van der Waals surface area contributed by atoms with E-state index < -0.39 is 16.1 Å². The van der Waals surface area contributed by atoms with Crippen LogP contribution in [0.3, 0.4) is 0 Å². The van der Waals surface area contributed by atoms with E-state index >= 15 is 0 Å². The van der Waals surface area contributed by atoms with E-state index in [1.54, 1.807) is 36.2 Å². The molecule has 2 N–H and O–H groups in total. The number of fused-ring (bicyclic) bond motifs is 2. The van der Waals surface area contributed by atoms with Gasteiger partial charge in [0, 0.05) is 47.0 Å². The first-order chi connectivity index (χ1) is 17.7. The van der Waals surface area contributed by atoms with Crippen molar-refractivity contribution in [2.75, 3.05) is 26.7 Å². The fourth-order valence-corrected chi connectivity index (χ4v) is 7.51. The number of thiophene rings is 1. The molecule has 4 aromatic rings. The van der Waals surface area contributed by atoms with E-state index in [2.05, 4.69) is 9.71 Å². The number of carbonyl (C=O) groups is 2. The van der Waals surface area contributed by atoms with Crippen molar-refractivity contribution in [2.24, 2.45) is 0 Å². The second-order valence-electron chi connectivity index (χ2n) is 9.25. The van der Waals surface area contributed by atoms with Crippen LogP contribution in [0.5, 0.6) is 0 Å². The molecule has 2 aromatic carbocycles. The lowest BCUT2D eigenvalue weighted by Gasteiger charge is -2.33. The largest absolute Gasteiger partial charge is 0.361 e. The van der Waals surface area contributed by atoms with E-state index in [1.807, 2.05) is 30.5 Å². The molecule has 0 aliphatic carbocycles. The summed E-state index contributed by atoms with van der Waals surface area (Å²) >= 11 is 7.13. The minimum atomic E-state index is -3.91. The van der Waals surface area contributed by atoms with Crippen LogP contribution < -0.4 is 4.72 Å². The van der Waals surface area contributed by atoms with Crippen molar-refractivity contribution in [3.8, 4) is 0 Å². The number of piperidine rings is 1. The lowest BCUT2D eigenvalue weighted by Crippen LogP contribution is -2.54. The predicted molar refractivity (Wildman–Crippen MR) is 146 cm³/mol. The molecular weight excluding hydrogens is 532 g/mol. The molecule has 0 bridgehead atoms. The van der Waals surface area contributed by atoms with Crippen molar-refractivity contribution in [2.45, 2.75) is 29.5 Å². The number of benzene rings is 2. The van der Waals surface area contributed by atoms with Gasteiger partial charge in [0.2, 0.25) is 11.8 Å². The number of H-pyrrole nitrogens is 1. The first kappa shape index (κ1) is 25.7. The maximum atomic E-state index is 13.1. The minimum absolute atomic E-state index is 0.0805. The van der Waals surface area contributed by atoms with Gasteiger partial charge in [0.25, 0.3) is 10.0 Å². The SMILES string of the molecule is CN(CCc1c[nH]c2ccccc12)C(=O)CN1CCC[C@H](NS(=O)(=O)c2cc3ccc(Cl)cc3s2)C1=O. The molecule has 5 rings (SSSR count). The average Bonchev–Trinajstić information content (AvgIpc) is 3.49. The minimum Gasteiger partial charge on any atom is -0.361 e. The number of nitrogens with zero attached hydrogens (tertiary/aromatic N) is 2. The summed E-state index contributed by atoms with van der Waals surface area (Å²) in [7, 11) is -2.19. The molecule has 0 spiro atoms. The summed E-state index contributed by atoms with van der Waals surface area (Å²) in [5.41, 5.74) is 2.18. The number of amides is 2. The highest BCUT2D eigenvalue weighted by molar-refractivity contribution is 7.91. The standard InChI is InChI=1S/C26H27ClN4O4S2/c1-30(12-10-18-15-28-21-6-3-2-5-20(18)21)24(32)16-31-11-4-7-22(26(31)33)29-37(34,35)25-13-17-8-9-19(27)14-23(17)36-25/h2-3,5-6,8-9,13-15,22,28-29H,4,7,10-12,16H2,1H3/t22-/m0/s1. The molecule has 1 saturated heterocycles. The number of likely N-dealkylation sites (tertiary alicyclic amines) is 1. The Morgan fingerprint density at radius 3 is 2.89 bits per heavy atom. The lowest BCUT2D eigenvalue weighted by molar-refractivity contribution is -0.142. The van der Waals surface area contributed by atoms with Gasteiger partial charge in [-0.1, -0.05) is 35.9 Å². The normalized spacial score (nSPS) is 16.5. The zero-order valence-electron chi connectivity index (χ0n) is 20.2. The second-order valence-corrected chi connectivity index (χ2v) is 12.7. The highest BCUT2D eigenvalue weighted by Gasteiger charge is 2.34. The van der Waals surface area contributed by atoms with Crippen molar-refractivity contribution < 1.29 is 18.0 Å². The molecule has 2 amide bonds. The number of halogens is 1. The van der Waals surface area contributed by atoms with Crippen molar-refractivity contribution >= 4 is 65.8 Å². The maximum Gasteiger partial charge on any atom is 0.250 e. The Hall–Kier alpha value is -2.92. The fourth-order valence-electron chi connectivity index (χ4n) is 4.60. The van der Waals surface area contributed by atoms with E-state index in [4.69, 9.17) is 11.6 Å². The van der Waals surface area contributed by atoms with Gasteiger partial charge in [-0.25, -0.2) is 8.42 Å². The zero-order chi connectivity index (χ0) is 26.2. The number of para-hydroxylation sites is 1. The monoisotopic (exact) mass is 558 g/mol. The van der Waals surface area contributed by atoms with E-state index in [9.17, 15) is 18.0 Å². The molecule has 2 aromatic heterocycles. The highest BCUT2D eigenvalue weighted by Crippen LogP contribution is 2.31. The Morgan fingerprint density at radius 1 is 1.24 bits per heavy atom. The molecule has 3 heterocycles. The van der Waals surface area contributed by atoms with Gasteiger partial charge in [-0.2, -0.15) is 4.72 Å². The van der Waals surface area contributed by atoms with Gasteiger partial charge in [0.1, 0.15) is 10.3 Å². The van der Waals surface area contributed by atoms with Crippen molar-refractivity contribution in [3.63, 3.8) is 0 Å². The van der Waals surface area contributed by atoms with Gasteiger partial charge in [-0.3, -0.25) is 9.59 Å². The van der Waals surface area contributed by atoms with E-state index in [-0.39, 0.29) is 22.6 Å². The third-order valence-electron chi connectivity index (χ3n) is 6.70. The van der Waals surface area contributed by atoms with Crippen molar-refractivity contribution in [1.29, 1.82) is 0 Å². The highest BCUT2D eigenvalue weighted by atomic mass is 35.5. The quantitative estimate of drug-likeness (QED) is 0.341. The van der Waals surface area contributed by atoms with Crippen molar-refractivity contribution in [1.82, 2.24) is 19.5 Å². The van der Waals surface area contributed by atoms with Crippen LogP contribution in [0.4, 0.5) is 0 Å². The maximum absolute atomic E-state index is 13.1. The molecular formula is C26H27ClN4O4S2. The van der Waals surface area contributed by atoms with Crippen LogP contribution in [0.25, 0.3) is 21.0 Å². The van der Waals surface area contributed by atoms with Crippen LogP contribution in [0.15, 0.2) is 58.9 Å². The van der Waals surface area contributed by atoms with Crippen molar-refractivity contribution in [3.05, 3.63) is 65.3 Å². The van der Waals surface area contributed by atoms with Gasteiger partial charge >= 0.3 is 0 Å². The smallest absolute Gasteiger partial charge is 0.250 e. The van der Waals surface area contributed by atoms with Crippen LogP contribution in [0.2, 0.25) is 5.02 Å². The lowest BCUT2D eigenvalue weighted by atomic mass is 10.1. The van der Waals surface area contributed by atoms with Crippen LogP contribution in [0.1, 0.15) is 18.4 Å². The Labute approximate surface area is 224 Å². The van der Waals surface area contributed by atoms with E-state index in [1.165, 1.54) is 4.90 Å². The molecule has 1 fully saturated rings. The predicted octanol–water partition coefficient (Wildman–Crippen LogP) is 4.01. The van der Waals surface area contributed by atoms with Gasteiger partial charge in [0.05, 0.1) is 6.54 Å². The molecule has 0 radical (unpaired) electrons. The number of aromatic amines is 1. The molecule has 194 valence electrons. The number of likely N-dealkylation sites (N-methyl/N-ethyl adjacent to an activating group) is 1. The number of hydrogen-bond donors (Lipinski definition) is 2. The third-order valence-corrected chi connectivity index (χ3v) is 9.97. The molecule has 8 nitrogen and oxygen atoms in total. The molecule has 1 aliphatic heterocycles. The number of nitrogens with one attached hydrogen (secondary N) is 2. The van der Waals surface area contributed by atoms with Gasteiger partial charge in [-0.05, 0) is 54.5 Å². The number of rotatable bonds is 8. The second kappa shape index (κ2) is 10.4. The summed E-state index contributed by atoms with van der Waals surface area (Å²) in [5.74, 6) is -0.560. The number of hydrogen-bond acceptors (Lipinski definition) is 5. The molecule has 37 heavy (non-hydrogen) atoms. The van der Waals surface area contributed by atoms with Gasteiger partial charge in [-0.15, -0.1) is 11.3 Å². The van der Waals surface area contributed by atoms with Gasteiger partial charge in [0.15, 0.2) is 0 Å². The summed E-state index contributed by atoms with van der Waals surface area (Å²) < 4.78 is 29.5. The van der Waals surface area contributed by atoms with Crippen LogP contribution in [-0.4, -0.2) is 67.7 Å². The average molecular weight is 559 g/mol. The number of sulfonamides is 1. The number of carbonyl (C=O) groups excluding carboxylic acids is 2. The topological polar surface area (TPSA) is 103 Å². The molecule has 0 saturated carbocycles. The third kappa shape index (κ3) is 5.52. The molecule has 11 heteroatoms. The molecule has 1 atom stereocenters. The Bertz CT molecular complexity index is 1580. The Morgan fingerprint density at radius 2 is 2.05 bits per heavy atom. The fraction of sp³-hybridized carbons (Fsp3) is 0.308. The number of aromatic nitrogens is 1. The summed E-state index contributed by atoms with van der Waals surface area (Å²) in [6, 6.07) is 13.9. The summed E-state index contributed by atoms with van der Waals surface area (Å²) in [6.07, 6.45) is 3.63. The summed E-state index contributed by atoms with van der Waals surface area (Å²) in [4.78, 5) is 32.3. The van der Waals surface area contributed by atoms with Gasteiger partial charge < -0.3 is 14.8 Å². The van der Waals surface area contributed by atoms with E-state index in [0.717, 1.165) is 37.9 Å². The first-order valence-corrected chi connectivity index (χ1v) is 14.7. The summed E-state index contributed by atoms with van der Waals surface area (Å²) in [6.45, 7) is 0.845. The first-order valence-electron chi connectivity index (χ1n) is 12.0. The van der Waals surface area contributed by atoms with E-state index in [0.29, 0.717) is 37.4 Å². The molecule has 0 unspecified atom stereocenters. The zero-order valence-corrected chi connectivity index (χ0v) is 22.6. The Kier molecular flexibility index (Phi) is 7.26. The van der Waals surface area contributed by atoms with Crippen LogP contribution in [0, 0.1) is 0 Å². The molecule has 1 aliphatic rings. The Balaban J connectivity index is 1.20. The summed E-state index contributed by atoms with van der Waals surface area (Å²) in [5, 5.41) is 2.43. The van der Waals surface area contributed by atoms with Crippen LogP contribution in [-0.2, 0) is 26.0 Å².